The Kier molecular flexibility index (Phi) is 30.9. The molecule has 0 spiro atoms. The van der Waals surface area contributed by atoms with Crippen LogP contribution < -0.4 is 31.9 Å². The van der Waals surface area contributed by atoms with Crippen molar-refractivity contribution in [2.75, 3.05) is 93.8 Å². The first-order valence-corrected chi connectivity index (χ1v) is 33.0. The van der Waals surface area contributed by atoms with Gasteiger partial charge in [0.05, 0.1) is 75.0 Å². The molecule has 0 aliphatic carbocycles. The Morgan fingerprint density at radius 3 is 1.86 bits per heavy atom. The number of benzene rings is 2. The number of carbonyl (C=O) groups is 12. The number of rotatable bonds is 36. The summed E-state index contributed by atoms with van der Waals surface area (Å²) >= 11 is 0. The number of hydrogen-bond acceptors (Lipinski definition) is 16. The van der Waals surface area contributed by atoms with Crippen LogP contribution in [0.2, 0.25) is 0 Å². The number of aliphatic hydroxyl groups is 1. The smallest absolute Gasteiger partial charge is 0.253 e. The molecule has 524 valence electrons. The van der Waals surface area contributed by atoms with Gasteiger partial charge in [-0.25, -0.2) is 0 Å². The van der Waals surface area contributed by atoms with Crippen LogP contribution in [0.1, 0.15) is 111 Å². The zero-order chi connectivity index (χ0) is 70.2. The molecule has 3 aliphatic rings. The van der Waals surface area contributed by atoms with Gasteiger partial charge >= 0.3 is 0 Å². The third kappa shape index (κ3) is 22.5. The standard InChI is InChI=1S/C68H102N12O15/c1-13-44(6)62(51(94-11)37-58(87)79-30-20-26-50(79)64(95-12)45(7)65(90)72-46(8)63(89)48-24-18-15-19-25-48)76(10)68(93)60(42(2)3)74-67(92)61(43(4)5)75(9)59(88)40-71-66(91)49(36-47-22-16-14-17-23-47)73-53(82)39-69-52(81)38-70-54(83)41-77-32-34-78(35-33-77)55(84)27-21-31-80-56(85)28-29-57(80)86/h14-19,22-25,28-29,42-46,49-51,60-64,89H,13,20-21,26-27,30-41H2,1-12H3,(H,69,81)(H,70,83)(H,71,91)(H,72,90)(H,73,82)(H,74,92)/t44-,45+,46+,49-,50+,51+,60-,61-,62-,63+,64+/m0/s1. The Morgan fingerprint density at radius 1 is 0.663 bits per heavy atom. The van der Waals surface area contributed by atoms with E-state index in [0.29, 0.717) is 69.5 Å². The van der Waals surface area contributed by atoms with Gasteiger partial charge in [-0.2, -0.15) is 0 Å². The first kappa shape index (κ1) is 77.6. The summed E-state index contributed by atoms with van der Waals surface area (Å²) in [6, 6.07) is 12.7. The van der Waals surface area contributed by atoms with Crippen molar-refractivity contribution in [1.29, 1.82) is 0 Å². The van der Waals surface area contributed by atoms with Crippen LogP contribution in [0.15, 0.2) is 72.8 Å². The third-order valence-electron chi connectivity index (χ3n) is 18.2. The maximum atomic E-state index is 14.8. The monoisotopic (exact) mass is 1330 g/mol. The Balaban J connectivity index is 1.13. The molecule has 2 aromatic carbocycles. The van der Waals surface area contributed by atoms with Crippen molar-refractivity contribution in [3.8, 4) is 0 Å². The van der Waals surface area contributed by atoms with Crippen LogP contribution in [0.4, 0.5) is 0 Å². The molecule has 7 N–H and O–H groups in total. The summed E-state index contributed by atoms with van der Waals surface area (Å²) in [6.07, 6.45) is 2.21. The van der Waals surface area contributed by atoms with E-state index in [1.807, 2.05) is 36.9 Å². The number of piperazine rings is 1. The molecule has 3 heterocycles. The lowest BCUT2D eigenvalue weighted by Crippen LogP contribution is -2.61. The minimum Gasteiger partial charge on any atom is -0.386 e. The maximum Gasteiger partial charge on any atom is 0.253 e. The van der Waals surface area contributed by atoms with Crippen LogP contribution in [0, 0.1) is 23.7 Å². The SMILES string of the molecule is CC[C@H](C)[C@@H]([C@@H](CC(=O)N1CCC[C@@H]1[C@H](OC)[C@@H](C)C(=O)N[C@H](C)[C@@H](O)c1ccccc1)OC)N(C)C(=O)[C@@H](NC(=O)[C@H](C(C)C)N(C)C(=O)CNC(=O)[C@H](Cc1ccccc1)NC(=O)CNC(=O)CNC(=O)CN1CCN(C(=O)CCCN2C(=O)C=CC2=O)CC1)C(C)C. The highest BCUT2D eigenvalue weighted by Crippen LogP contribution is 2.30. The van der Waals surface area contributed by atoms with Crippen molar-refractivity contribution >= 4 is 70.9 Å². The second-order valence-corrected chi connectivity index (χ2v) is 25.7. The summed E-state index contributed by atoms with van der Waals surface area (Å²) in [6.45, 7) is 14.9. The highest BCUT2D eigenvalue weighted by Gasteiger charge is 2.44. The molecule has 12 amide bonds. The van der Waals surface area contributed by atoms with Crippen LogP contribution >= 0.6 is 0 Å². The Labute approximate surface area is 558 Å². The fourth-order valence-corrected chi connectivity index (χ4v) is 12.5. The molecular weight excluding hydrogens is 1220 g/mol. The molecule has 95 heavy (non-hydrogen) atoms. The number of ether oxygens (including phenoxy) is 2. The van der Waals surface area contributed by atoms with E-state index in [-0.39, 0.29) is 56.0 Å². The number of aliphatic hydroxyl groups excluding tert-OH is 1. The fourth-order valence-electron chi connectivity index (χ4n) is 12.5. The molecular formula is C68H102N12O15. The number of amides is 12. The first-order valence-electron chi connectivity index (χ1n) is 33.0. The number of methoxy groups -OCH3 is 2. The van der Waals surface area contributed by atoms with Gasteiger partial charge in [-0.15, -0.1) is 0 Å². The third-order valence-corrected chi connectivity index (χ3v) is 18.2. The molecule has 3 aliphatic heterocycles. The second-order valence-electron chi connectivity index (χ2n) is 25.7. The molecule has 5 rings (SSSR count). The van der Waals surface area contributed by atoms with Crippen molar-refractivity contribution in [2.45, 2.75) is 155 Å². The summed E-state index contributed by atoms with van der Waals surface area (Å²) in [7, 11) is 6.03. The number of nitrogens with one attached hydrogen (secondary N) is 6. The van der Waals surface area contributed by atoms with E-state index in [1.165, 1.54) is 43.2 Å². The largest absolute Gasteiger partial charge is 0.386 e. The van der Waals surface area contributed by atoms with Gasteiger partial charge in [-0.05, 0) is 55.1 Å². The number of hydrogen-bond donors (Lipinski definition) is 7. The maximum absolute atomic E-state index is 14.8. The van der Waals surface area contributed by atoms with E-state index in [4.69, 9.17) is 9.47 Å². The molecule has 0 aromatic heterocycles. The van der Waals surface area contributed by atoms with Gasteiger partial charge in [0.2, 0.25) is 59.1 Å². The van der Waals surface area contributed by atoms with Crippen molar-refractivity contribution in [2.24, 2.45) is 23.7 Å². The summed E-state index contributed by atoms with van der Waals surface area (Å²) in [4.78, 5) is 170. The minimum absolute atomic E-state index is 0.00310. The van der Waals surface area contributed by atoms with Crippen molar-refractivity contribution in [3.63, 3.8) is 0 Å². The molecule has 0 saturated carbocycles. The molecule has 27 heteroatoms. The molecule has 27 nitrogen and oxygen atoms in total. The van der Waals surface area contributed by atoms with E-state index in [0.717, 1.165) is 4.90 Å². The van der Waals surface area contributed by atoms with E-state index >= 15 is 0 Å². The summed E-state index contributed by atoms with van der Waals surface area (Å²) in [5, 5.41) is 27.0. The van der Waals surface area contributed by atoms with Crippen molar-refractivity contribution in [3.05, 3.63) is 83.9 Å². The highest BCUT2D eigenvalue weighted by atomic mass is 16.5. The van der Waals surface area contributed by atoms with Gasteiger partial charge < -0.3 is 66.1 Å². The van der Waals surface area contributed by atoms with Gasteiger partial charge in [0.25, 0.3) is 11.8 Å². The molecule has 2 aromatic rings. The van der Waals surface area contributed by atoms with Crippen LogP contribution in [-0.4, -0.2) is 248 Å². The van der Waals surface area contributed by atoms with E-state index in [9.17, 15) is 62.6 Å². The summed E-state index contributed by atoms with van der Waals surface area (Å²) < 4.78 is 12.0. The number of imide groups is 1. The number of nitrogens with zero attached hydrogens (tertiary/aromatic N) is 6. The quantitative estimate of drug-likeness (QED) is 0.0462. The van der Waals surface area contributed by atoms with Gasteiger partial charge in [-0.3, -0.25) is 67.3 Å². The average molecular weight is 1330 g/mol. The van der Waals surface area contributed by atoms with Crippen LogP contribution in [0.3, 0.4) is 0 Å². The lowest BCUT2D eigenvalue weighted by molar-refractivity contribution is -0.148. The number of carbonyl (C=O) groups excluding carboxylic acids is 12. The van der Waals surface area contributed by atoms with Crippen LogP contribution in [-0.2, 0) is 73.4 Å². The van der Waals surface area contributed by atoms with Crippen LogP contribution in [0.5, 0.6) is 0 Å². The topological polar surface area (TPSA) is 335 Å². The molecule has 2 fully saturated rings. The van der Waals surface area contributed by atoms with E-state index in [2.05, 4.69) is 31.9 Å². The van der Waals surface area contributed by atoms with Crippen molar-refractivity contribution < 1.29 is 72.1 Å². The average Bonchev–Trinajstić information content (AvgIpc) is 1.82. The Bertz CT molecular complexity index is 2960. The first-order chi connectivity index (χ1) is 45.1. The van der Waals surface area contributed by atoms with Crippen molar-refractivity contribution in [1.82, 2.24) is 61.3 Å². The van der Waals surface area contributed by atoms with E-state index < -0.39 is 145 Å². The number of likely N-dealkylation sites (N-methyl/N-ethyl adjacent to an activating group) is 2. The van der Waals surface area contributed by atoms with Gasteiger partial charge in [0, 0.05) is 92.6 Å². The summed E-state index contributed by atoms with van der Waals surface area (Å²) in [5.41, 5.74) is 1.33. The Morgan fingerprint density at radius 2 is 1.27 bits per heavy atom. The number of likely N-dealkylation sites (tertiary alicyclic amines) is 1. The molecule has 0 bridgehead atoms. The zero-order valence-electron chi connectivity index (χ0n) is 57.3. The molecule has 0 unspecified atom stereocenters. The lowest BCUT2D eigenvalue weighted by Gasteiger charge is -2.41. The predicted octanol–water partition coefficient (Wildman–Crippen LogP) is 0.694. The second kappa shape index (κ2) is 37.8. The van der Waals surface area contributed by atoms with Crippen LogP contribution in [0.25, 0.3) is 0 Å². The van der Waals surface area contributed by atoms with Gasteiger partial charge in [0.15, 0.2) is 0 Å². The zero-order valence-corrected chi connectivity index (χ0v) is 57.3. The van der Waals surface area contributed by atoms with E-state index in [1.54, 1.807) is 101 Å². The normalized spacial score (nSPS) is 18.1. The predicted molar refractivity (Wildman–Crippen MR) is 353 cm³/mol. The lowest BCUT2D eigenvalue weighted by atomic mass is 9.89. The van der Waals surface area contributed by atoms with Gasteiger partial charge in [0.1, 0.15) is 18.1 Å². The fraction of sp³-hybridized carbons (Fsp3) is 0.618. The highest BCUT2D eigenvalue weighted by molar-refractivity contribution is 6.12. The molecule has 0 radical (unpaired) electrons. The molecule has 2 saturated heterocycles. The molecule has 11 atom stereocenters. The van der Waals surface area contributed by atoms with Gasteiger partial charge in [-0.1, -0.05) is 116 Å². The minimum atomic E-state index is -1.22. The Hall–Kier alpha value is -8.14. The summed E-state index contributed by atoms with van der Waals surface area (Å²) in [5.74, 6) is -7.68.